The van der Waals surface area contributed by atoms with Crippen LogP contribution in [0.25, 0.3) is 11.0 Å². The van der Waals surface area contributed by atoms with Crippen LogP contribution in [-0.4, -0.2) is 41.2 Å². The first-order valence-corrected chi connectivity index (χ1v) is 12.3. The Balaban J connectivity index is 1.99. The molecule has 0 fully saturated rings. The molecule has 0 saturated carbocycles. The van der Waals surface area contributed by atoms with Gasteiger partial charge in [-0.05, 0) is 12.1 Å². The predicted molar refractivity (Wildman–Crippen MR) is 108 cm³/mol. The van der Waals surface area contributed by atoms with Crippen molar-refractivity contribution in [2.24, 2.45) is 0 Å². The largest absolute Gasteiger partial charge is 0.478 e. The summed E-state index contributed by atoms with van der Waals surface area (Å²) in [6.45, 7) is 5.03. The topological polar surface area (TPSA) is 106 Å². The second kappa shape index (κ2) is 9.20. The maximum absolute atomic E-state index is 14.2. The molecule has 3 aromatic rings. The van der Waals surface area contributed by atoms with Crippen LogP contribution < -0.4 is 10.2 Å². The zero-order valence-corrected chi connectivity index (χ0v) is 17.5. The molecule has 3 rings (SSSR count). The Morgan fingerprint density at radius 1 is 1.30 bits per heavy atom. The summed E-state index contributed by atoms with van der Waals surface area (Å²) in [7, 11) is -0.776. The molecular formula is C19H21F2N3O5Si. The lowest BCUT2D eigenvalue weighted by molar-refractivity contribution is 0.0696. The van der Waals surface area contributed by atoms with Crippen molar-refractivity contribution in [1.82, 2.24) is 9.55 Å². The molecule has 0 unspecified atom stereocenters. The highest BCUT2D eigenvalue weighted by Crippen LogP contribution is 2.36. The third-order valence-electron chi connectivity index (χ3n) is 4.36. The Hall–Kier alpha value is -3.02. The summed E-state index contributed by atoms with van der Waals surface area (Å²) in [6, 6.07) is 3.98. The zero-order valence-electron chi connectivity index (χ0n) is 16.4. The fraction of sp³-hybridized carbons (Fsp3) is 0.263. The molecule has 0 aliphatic carbocycles. The van der Waals surface area contributed by atoms with E-state index in [-0.39, 0.29) is 34.8 Å². The number of rotatable bonds is 9. The lowest BCUT2D eigenvalue weighted by atomic mass is 10.2. The molecule has 2 heterocycles. The van der Waals surface area contributed by atoms with Crippen LogP contribution in [-0.2, 0) is 11.5 Å². The van der Waals surface area contributed by atoms with Crippen LogP contribution in [0.2, 0.25) is 19.1 Å². The van der Waals surface area contributed by atoms with Crippen LogP contribution in [0.3, 0.4) is 0 Å². The molecule has 8 nitrogen and oxygen atoms in total. The van der Waals surface area contributed by atoms with E-state index in [0.717, 1.165) is 18.2 Å². The summed E-state index contributed by atoms with van der Waals surface area (Å²) < 4.78 is 41.0. The van der Waals surface area contributed by atoms with Crippen molar-refractivity contribution in [3.63, 3.8) is 0 Å². The molecule has 160 valence electrons. The van der Waals surface area contributed by atoms with E-state index in [4.69, 9.17) is 14.7 Å². The van der Waals surface area contributed by atoms with E-state index in [9.17, 15) is 18.7 Å². The Labute approximate surface area is 172 Å². The normalized spacial score (nSPS) is 11.3. The van der Waals surface area contributed by atoms with Crippen LogP contribution in [0.4, 0.5) is 14.5 Å². The van der Waals surface area contributed by atoms with E-state index in [1.807, 2.05) is 0 Å². The first-order valence-electron chi connectivity index (χ1n) is 9.17. The van der Waals surface area contributed by atoms with Gasteiger partial charge in [0.05, 0.1) is 16.6 Å². The van der Waals surface area contributed by atoms with Gasteiger partial charge < -0.3 is 19.1 Å². The zero-order chi connectivity index (χ0) is 21.8. The average Bonchev–Trinajstić information content (AvgIpc) is 3.07. The van der Waals surface area contributed by atoms with Crippen molar-refractivity contribution in [2.75, 3.05) is 12.1 Å². The molecule has 0 aliphatic heterocycles. The van der Waals surface area contributed by atoms with Crippen molar-refractivity contribution >= 4 is 31.5 Å². The summed E-state index contributed by atoms with van der Waals surface area (Å²) in [5.41, 5.74) is 1.57. The highest BCUT2D eigenvalue weighted by molar-refractivity contribution is 6.55. The van der Waals surface area contributed by atoms with Crippen LogP contribution in [0.1, 0.15) is 10.4 Å². The first-order chi connectivity index (χ1) is 14.3. The summed E-state index contributed by atoms with van der Waals surface area (Å²) in [4.78, 5) is 15.9. The Morgan fingerprint density at radius 2 is 2.00 bits per heavy atom. The average molecular weight is 437 g/mol. The number of carbonyl (C=O) groups is 1. The van der Waals surface area contributed by atoms with E-state index >= 15 is 0 Å². The number of anilines is 1. The fourth-order valence-electron chi connectivity index (χ4n) is 2.85. The minimum atomic E-state index is -1.24. The molecule has 0 spiro atoms. The van der Waals surface area contributed by atoms with Gasteiger partial charge in [0.15, 0.2) is 17.4 Å². The highest BCUT2D eigenvalue weighted by Gasteiger charge is 2.22. The summed E-state index contributed by atoms with van der Waals surface area (Å²) >= 11 is 0. The number of nitrogens with zero attached hydrogens (tertiary/aromatic N) is 2. The van der Waals surface area contributed by atoms with Gasteiger partial charge in [-0.3, -0.25) is 10.7 Å². The van der Waals surface area contributed by atoms with Crippen molar-refractivity contribution in [3.05, 3.63) is 47.8 Å². The number of carboxylic acids is 1. The third-order valence-corrected chi connectivity index (χ3v) is 5.75. The number of hydrogen-bond donors (Lipinski definition) is 3. The van der Waals surface area contributed by atoms with E-state index in [1.165, 1.54) is 23.0 Å². The molecule has 30 heavy (non-hydrogen) atoms. The molecule has 0 atom stereocenters. The predicted octanol–water partition coefficient (Wildman–Crippen LogP) is 4.07. The number of halogens is 2. The van der Waals surface area contributed by atoms with Gasteiger partial charge in [0.2, 0.25) is 0 Å². The molecule has 0 bridgehead atoms. The van der Waals surface area contributed by atoms with Crippen LogP contribution >= 0.6 is 0 Å². The lowest BCUT2D eigenvalue weighted by Gasteiger charge is -2.11. The maximum atomic E-state index is 14.2. The van der Waals surface area contributed by atoms with Gasteiger partial charge in [0, 0.05) is 39.9 Å². The number of nitrogens with one attached hydrogen (secondary N) is 1. The molecule has 0 radical (unpaired) electrons. The van der Waals surface area contributed by atoms with Crippen LogP contribution in [0.15, 0.2) is 30.6 Å². The highest BCUT2D eigenvalue weighted by atomic mass is 28.3. The van der Waals surface area contributed by atoms with Gasteiger partial charge in [0.25, 0.3) is 0 Å². The van der Waals surface area contributed by atoms with Crippen LogP contribution in [0.5, 0.6) is 11.5 Å². The SMILES string of the molecule is C[SiH](C)CCOCn1cc(C(=O)O)c2c(Oc3c(F)cc(NO)cc3F)ccnc21. The number of carboxylic acid groups (broad SMARTS) is 1. The van der Waals surface area contributed by atoms with Crippen molar-refractivity contribution in [1.29, 1.82) is 0 Å². The minimum Gasteiger partial charge on any atom is -0.478 e. The third kappa shape index (κ3) is 4.58. The number of hydrogen-bond acceptors (Lipinski definition) is 6. The van der Waals surface area contributed by atoms with Gasteiger partial charge in [-0.1, -0.05) is 13.1 Å². The Bertz CT molecular complexity index is 1050. The molecule has 3 N–H and O–H groups in total. The summed E-state index contributed by atoms with van der Waals surface area (Å²) in [5, 5.41) is 18.5. The minimum absolute atomic E-state index is 0.0757. The van der Waals surface area contributed by atoms with Crippen molar-refractivity contribution in [2.45, 2.75) is 25.9 Å². The second-order valence-corrected chi connectivity index (χ2v) is 10.4. The number of aromatic nitrogens is 2. The van der Waals surface area contributed by atoms with E-state index in [2.05, 4.69) is 18.1 Å². The smallest absolute Gasteiger partial charge is 0.338 e. The van der Waals surface area contributed by atoms with Gasteiger partial charge in [-0.15, -0.1) is 0 Å². The van der Waals surface area contributed by atoms with E-state index in [1.54, 1.807) is 5.48 Å². The van der Waals surface area contributed by atoms with Crippen molar-refractivity contribution in [3.8, 4) is 11.5 Å². The fourth-order valence-corrected chi connectivity index (χ4v) is 3.48. The standard InChI is InChI=1S/C19H21F2N3O5Si/c1-30(2)6-5-28-10-24-9-12(19(25)26)16-15(3-4-22-18(16)24)29-17-13(20)7-11(23-27)8-14(17)21/h3-4,7-9,23,27,30H,5-6,10H2,1-2H3,(H,25,26). The summed E-state index contributed by atoms with van der Waals surface area (Å²) in [5.74, 6) is -4.20. The number of ether oxygens (including phenoxy) is 2. The van der Waals surface area contributed by atoms with Gasteiger partial charge in [-0.2, -0.15) is 0 Å². The van der Waals surface area contributed by atoms with Crippen LogP contribution in [0, 0.1) is 11.6 Å². The molecule has 2 aromatic heterocycles. The number of benzene rings is 1. The maximum Gasteiger partial charge on any atom is 0.338 e. The van der Waals surface area contributed by atoms with E-state index in [0.29, 0.717) is 6.61 Å². The molecule has 0 saturated heterocycles. The van der Waals surface area contributed by atoms with Gasteiger partial charge >= 0.3 is 5.97 Å². The molecular weight excluding hydrogens is 416 g/mol. The monoisotopic (exact) mass is 437 g/mol. The Kier molecular flexibility index (Phi) is 6.65. The second-order valence-electron chi connectivity index (χ2n) is 7.03. The van der Waals surface area contributed by atoms with Crippen molar-refractivity contribution < 1.29 is 33.4 Å². The molecule has 11 heteroatoms. The number of pyridine rings is 1. The number of aromatic carboxylic acids is 1. The lowest BCUT2D eigenvalue weighted by Crippen LogP contribution is -2.08. The first kappa shape index (κ1) is 21.7. The van der Waals surface area contributed by atoms with Gasteiger partial charge in [0.1, 0.15) is 18.1 Å². The summed E-state index contributed by atoms with van der Waals surface area (Å²) in [6.07, 6.45) is 2.70. The Morgan fingerprint density at radius 3 is 2.60 bits per heavy atom. The quantitative estimate of drug-likeness (QED) is 0.263. The number of fused-ring (bicyclic) bond motifs is 1. The van der Waals surface area contributed by atoms with E-state index < -0.39 is 32.1 Å². The molecule has 0 aliphatic rings. The molecule has 1 aromatic carbocycles. The molecule has 0 amide bonds. The van der Waals surface area contributed by atoms with Gasteiger partial charge in [-0.25, -0.2) is 18.6 Å².